The molecular formula is C26H24FN5O3. The zero-order chi connectivity index (χ0) is 24.4. The lowest BCUT2D eigenvalue weighted by Gasteiger charge is -2.32. The van der Waals surface area contributed by atoms with E-state index >= 15 is 0 Å². The van der Waals surface area contributed by atoms with Crippen molar-refractivity contribution in [1.29, 1.82) is 0 Å². The third kappa shape index (κ3) is 4.75. The smallest absolute Gasteiger partial charge is 0.270 e. The molecule has 0 saturated carbocycles. The minimum absolute atomic E-state index is 0.151. The van der Waals surface area contributed by atoms with E-state index in [4.69, 9.17) is 0 Å². The second kappa shape index (κ2) is 9.61. The predicted octanol–water partition coefficient (Wildman–Crippen LogP) is 2.17. The van der Waals surface area contributed by atoms with Crippen molar-refractivity contribution in [3.63, 3.8) is 0 Å². The first-order valence-corrected chi connectivity index (χ1v) is 11.5. The van der Waals surface area contributed by atoms with Gasteiger partial charge in [0.2, 0.25) is 5.91 Å². The highest BCUT2D eigenvalue weighted by molar-refractivity contribution is 6.39. The number of halogens is 1. The van der Waals surface area contributed by atoms with Crippen LogP contribution in [0.2, 0.25) is 0 Å². The standard InChI is InChI=1S/C26H24FN5O3/c27-21-6-2-1-5-18(21)12-19-13-20-16-31(26(35)22-7-8-24(33)30-29-22)11-9-23(20)32(25(19)34)15-17-4-3-10-28-14-17/h1-6,10,13-14H,7-9,11-12,15-16H2,(H,30,33). The first kappa shape index (κ1) is 22.6. The van der Waals surface area contributed by atoms with E-state index in [9.17, 15) is 18.8 Å². The zero-order valence-electron chi connectivity index (χ0n) is 19.0. The molecular weight excluding hydrogens is 449 g/mol. The van der Waals surface area contributed by atoms with Gasteiger partial charge >= 0.3 is 0 Å². The fourth-order valence-corrected chi connectivity index (χ4v) is 4.58. The topological polar surface area (TPSA) is 96.7 Å². The molecule has 0 aliphatic carbocycles. The van der Waals surface area contributed by atoms with Gasteiger partial charge in [0.25, 0.3) is 11.5 Å². The van der Waals surface area contributed by atoms with Crippen LogP contribution in [0, 0.1) is 5.82 Å². The summed E-state index contributed by atoms with van der Waals surface area (Å²) >= 11 is 0. The maximum Gasteiger partial charge on any atom is 0.270 e. The summed E-state index contributed by atoms with van der Waals surface area (Å²) in [5, 5.41) is 3.93. The quantitative estimate of drug-likeness (QED) is 0.614. The molecule has 0 unspecified atom stereocenters. The average Bonchev–Trinajstić information content (AvgIpc) is 2.88. The third-order valence-corrected chi connectivity index (χ3v) is 6.39. The molecule has 1 N–H and O–H groups in total. The summed E-state index contributed by atoms with van der Waals surface area (Å²) < 4.78 is 16.1. The van der Waals surface area contributed by atoms with Crippen LogP contribution in [0.4, 0.5) is 4.39 Å². The number of hydrazone groups is 1. The fraction of sp³-hybridized carbons (Fsp3) is 0.269. The molecule has 4 heterocycles. The third-order valence-electron chi connectivity index (χ3n) is 6.39. The number of nitrogens with one attached hydrogen (secondary N) is 1. The highest BCUT2D eigenvalue weighted by Crippen LogP contribution is 2.22. The molecule has 2 amide bonds. The Kier molecular flexibility index (Phi) is 6.22. The van der Waals surface area contributed by atoms with Gasteiger partial charge in [-0.05, 0) is 34.9 Å². The molecule has 0 spiro atoms. The number of amides is 2. The summed E-state index contributed by atoms with van der Waals surface area (Å²) in [4.78, 5) is 43.8. The minimum atomic E-state index is -0.363. The van der Waals surface area contributed by atoms with Crippen LogP contribution in [0.25, 0.3) is 0 Å². The molecule has 0 radical (unpaired) electrons. The largest absolute Gasteiger partial charge is 0.333 e. The van der Waals surface area contributed by atoms with E-state index < -0.39 is 0 Å². The van der Waals surface area contributed by atoms with Gasteiger partial charge in [0.1, 0.15) is 11.5 Å². The normalized spacial score (nSPS) is 15.3. The van der Waals surface area contributed by atoms with Crippen LogP contribution >= 0.6 is 0 Å². The van der Waals surface area contributed by atoms with Crippen LogP contribution in [0.3, 0.4) is 0 Å². The van der Waals surface area contributed by atoms with Crippen molar-refractivity contribution >= 4 is 17.5 Å². The zero-order valence-corrected chi connectivity index (χ0v) is 19.0. The molecule has 1 aromatic carbocycles. The van der Waals surface area contributed by atoms with Crippen molar-refractivity contribution in [2.75, 3.05) is 6.54 Å². The Morgan fingerprint density at radius 1 is 1.06 bits per heavy atom. The summed E-state index contributed by atoms with van der Waals surface area (Å²) in [7, 11) is 0. The Balaban J connectivity index is 1.51. The van der Waals surface area contributed by atoms with E-state index in [1.807, 2.05) is 12.1 Å². The molecule has 3 aromatic rings. The number of hydrogen-bond acceptors (Lipinski definition) is 5. The molecule has 2 aromatic heterocycles. The van der Waals surface area contributed by atoms with E-state index in [-0.39, 0.29) is 36.0 Å². The summed E-state index contributed by atoms with van der Waals surface area (Å²) in [6, 6.07) is 11.9. The van der Waals surface area contributed by atoms with Crippen molar-refractivity contribution in [3.05, 3.63) is 99.0 Å². The first-order valence-electron chi connectivity index (χ1n) is 11.5. The Morgan fingerprint density at radius 2 is 1.91 bits per heavy atom. The summed E-state index contributed by atoms with van der Waals surface area (Å²) in [6.07, 6.45) is 4.57. The van der Waals surface area contributed by atoms with E-state index in [2.05, 4.69) is 15.5 Å². The average molecular weight is 474 g/mol. The Labute approximate surface area is 201 Å². The molecule has 0 fully saturated rings. The van der Waals surface area contributed by atoms with E-state index in [1.165, 1.54) is 6.07 Å². The molecule has 0 saturated heterocycles. The Hall–Kier alpha value is -4.14. The molecule has 2 aliphatic rings. The van der Waals surface area contributed by atoms with Gasteiger partial charge in [0.15, 0.2) is 0 Å². The molecule has 2 aliphatic heterocycles. The van der Waals surface area contributed by atoms with E-state index in [0.29, 0.717) is 49.3 Å². The van der Waals surface area contributed by atoms with Crippen LogP contribution in [-0.2, 0) is 35.5 Å². The van der Waals surface area contributed by atoms with Crippen molar-refractivity contribution in [2.24, 2.45) is 5.10 Å². The Bertz CT molecular complexity index is 1380. The van der Waals surface area contributed by atoms with E-state index in [1.54, 1.807) is 46.1 Å². The fourth-order valence-electron chi connectivity index (χ4n) is 4.58. The van der Waals surface area contributed by atoms with Gasteiger partial charge in [0.05, 0.1) is 6.54 Å². The minimum Gasteiger partial charge on any atom is -0.333 e. The van der Waals surface area contributed by atoms with Crippen molar-refractivity contribution in [1.82, 2.24) is 19.9 Å². The van der Waals surface area contributed by atoms with Crippen LogP contribution in [-0.4, -0.2) is 38.5 Å². The summed E-state index contributed by atoms with van der Waals surface area (Å²) in [5.41, 5.74) is 6.02. The predicted molar refractivity (Wildman–Crippen MR) is 127 cm³/mol. The number of hydrogen-bond donors (Lipinski definition) is 1. The van der Waals surface area contributed by atoms with Crippen LogP contribution in [0.15, 0.2) is 64.8 Å². The van der Waals surface area contributed by atoms with E-state index in [0.717, 1.165) is 16.8 Å². The number of benzene rings is 1. The van der Waals surface area contributed by atoms with Gasteiger partial charge in [-0.3, -0.25) is 19.4 Å². The van der Waals surface area contributed by atoms with Crippen molar-refractivity contribution < 1.29 is 14.0 Å². The monoisotopic (exact) mass is 473 g/mol. The number of carbonyl (C=O) groups excluding carboxylic acids is 2. The number of rotatable bonds is 5. The number of nitrogens with zero attached hydrogens (tertiary/aromatic N) is 4. The van der Waals surface area contributed by atoms with Gasteiger partial charge in [-0.1, -0.05) is 24.3 Å². The summed E-state index contributed by atoms with van der Waals surface area (Å²) in [6.45, 7) is 1.07. The highest BCUT2D eigenvalue weighted by Gasteiger charge is 2.29. The number of pyridine rings is 2. The summed E-state index contributed by atoms with van der Waals surface area (Å²) in [5.74, 6) is -0.795. The first-order chi connectivity index (χ1) is 17.0. The van der Waals surface area contributed by atoms with Gasteiger partial charge in [-0.15, -0.1) is 0 Å². The number of carbonyl (C=O) groups is 2. The maximum absolute atomic E-state index is 14.4. The van der Waals surface area contributed by atoms with Crippen molar-refractivity contribution in [3.8, 4) is 0 Å². The van der Waals surface area contributed by atoms with Crippen LogP contribution < -0.4 is 11.0 Å². The van der Waals surface area contributed by atoms with Crippen molar-refractivity contribution in [2.45, 2.75) is 38.8 Å². The highest BCUT2D eigenvalue weighted by atomic mass is 19.1. The van der Waals surface area contributed by atoms with Gasteiger partial charge in [-0.2, -0.15) is 5.10 Å². The lowest BCUT2D eigenvalue weighted by Crippen LogP contribution is -2.44. The Morgan fingerprint density at radius 3 is 2.66 bits per heavy atom. The van der Waals surface area contributed by atoms with Crippen LogP contribution in [0.5, 0.6) is 0 Å². The lowest BCUT2D eigenvalue weighted by molar-refractivity contribution is -0.125. The van der Waals surface area contributed by atoms with Gasteiger partial charge < -0.3 is 9.47 Å². The maximum atomic E-state index is 14.4. The second-order valence-corrected chi connectivity index (χ2v) is 8.73. The SMILES string of the molecule is O=C1CCC(C(=O)N2CCc3c(cc(Cc4ccccc4F)c(=O)n3Cc3cccnc3)C2)=NN1. The molecule has 8 nitrogen and oxygen atoms in total. The lowest BCUT2D eigenvalue weighted by atomic mass is 9.98. The van der Waals surface area contributed by atoms with Crippen LogP contribution in [0.1, 0.15) is 40.8 Å². The molecule has 5 rings (SSSR count). The van der Waals surface area contributed by atoms with Gasteiger partial charge in [-0.25, -0.2) is 9.82 Å². The second-order valence-electron chi connectivity index (χ2n) is 8.73. The number of fused-ring (bicyclic) bond motifs is 1. The molecule has 178 valence electrons. The molecule has 9 heteroatoms. The molecule has 35 heavy (non-hydrogen) atoms. The molecule has 0 atom stereocenters. The van der Waals surface area contributed by atoms with Gasteiger partial charge in [0, 0.05) is 62.4 Å². The number of aromatic nitrogens is 2. The molecule has 0 bridgehead atoms.